The molecule has 1 amide bonds. The van der Waals surface area contributed by atoms with Crippen LogP contribution < -0.4 is 15.4 Å². The van der Waals surface area contributed by atoms with E-state index in [0.29, 0.717) is 34.7 Å². The standard InChI is InChI=1S/C23H24N6O4/c1-24-20-16-21(28-15(27-20)9-8-12-6-4-5-7-14(12)33-3)29(11-26-16)17-13-10-23(13,22(32)25-2)19(31)18(17)30/h4-7,11,13,17-19,30-31H,10H2,1-3H3,(H,25,32)(H,24,27,28)/t13?,17-,18?,19+,23-/m1/s1. The third-order valence-electron chi connectivity index (χ3n) is 6.72. The van der Waals surface area contributed by atoms with Crippen molar-refractivity contribution in [2.75, 3.05) is 26.5 Å². The summed E-state index contributed by atoms with van der Waals surface area (Å²) in [5.74, 6) is 6.93. The Morgan fingerprint density at radius 2 is 2.03 bits per heavy atom. The maximum absolute atomic E-state index is 12.5. The molecule has 5 rings (SSSR count). The van der Waals surface area contributed by atoms with Crippen molar-refractivity contribution in [1.82, 2.24) is 24.8 Å². The number of hydrogen-bond donors (Lipinski definition) is 4. The summed E-state index contributed by atoms with van der Waals surface area (Å²) in [4.78, 5) is 26.0. The third kappa shape index (κ3) is 3.04. The highest BCUT2D eigenvalue weighted by atomic mass is 16.5. The van der Waals surface area contributed by atoms with Crippen molar-refractivity contribution in [2.45, 2.75) is 24.7 Å². The van der Waals surface area contributed by atoms with E-state index in [-0.39, 0.29) is 17.6 Å². The van der Waals surface area contributed by atoms with Gasteiger partial charge in [-0.1, -0.05) is 18.1 Å². The number of aromatic nitrogens is 4. The van der Waals surface area contributed by atoms with Gasteiger partial charge in [-0.3, -0.25) is 4.79 Å². The number of aliphatic hydroxyl groups excluding tert-OH is 2. The molecule has 3 aromatic rings. The van der Waals surface area contributed by atoms with Crippen LogP contribution in [0.15, 0.2) is 30.6 Å². The molecule has 4 N–H and O–H groups in total. The number of fused-ring (bicyclic) bond motifs is 2. The molecule has 2 saturated carbocycles. The first-order chi connectivity index (χ1) is 16.0. The van der Waals surface area contributed by atoms with Crippen LogP contribution in [0.1, 0.15) is 23.9 Å². The van der Waals surface area contributed by atoms with Crippen LogP contribution in [-0.4, -0.2) is 69.1 Å². The van der Waals surface area contributed by atoms with Gasteiger partial charge in [-0.2, -0.15) is 0 Å². The predicted molar refractivity (Wildman–Crippen MR) is 120 cm³/mol. The van der Waals surface area contributed by atoms with Gasteiger partial charge in [-0.25, -0.2) is 15.0 Å². The molecule has 1 aromatic carbocycles. The maximum Gasteiger partial charge on any atom is 0.229 e. The van der Waals surface area contributed by atoms with E-state index in [1.165, 1.54) is 7.05 Å². The molecule has 2 fully saturated rings. The molecule has 0 aliphatic heterocycles. The minimum Gasteiger partial charge on any atom is -0.495 e. The summed E-state index contributed by atoms with van der Waals surface area (Å²) in [6.07, 6.45) is -0.245. The van der Waals surface area contributed by atoms with Crippen molar-refractivity contribution in [3.05, 3.63) is 42.0 Å². The molecule has 2 unspecified atom stereocenters. The smallest absolute Gasteiger partial charge is 0.229 e. The number of aliphatic hydroxyl groups is 2. The van der Waals surface area contributed by atoms with Gasteiger partial charge < -0.3 is 30.2 Å². The van der Waals surface area contributed by atoms with Gasteiger partial charge in [-0.15, -0.1) is 0 Å². The SMILES string of the molecule is CNC(=O)[C@]12CC1[C@@H](n1cnc3c(NC)nc(C#Cc4ccccc4OC)nc31)C(O)[C@@H]2O. The maximum atomic E-state index is 12.5. The van der Waals surface area contributed by atoms with Crippen LogP contribution in [0.2, 0.25) is 0 Å². The van der Waals surface area contributed by atoms with Crippen LogP contribution >= 0.6 is 0 Å². The van der Waals surface area contributed by atoms with E-state index < -0.39 is 23.7 Å². The molecule has 10 nitrogen and oxygen atoms in total. The Bertz CT molecular complexity index is 1310. The van der Waals surface area contributed by atoms with E-state index in [1.807, 2.05) is 24.3 Å². The van der Waals surface area contributed by atoms with Gasteiger partial charge >= 0.3 is 0 Å². The Hall–Kier alpha value is -3.68. The quantitative estimate of drug-likeness (QED) is 0.419. The summed E-state index contributed by atoms with van der Waals surface area (Å²) in [6, 6.07) is 6.85. The number of imidazole rings is 1. The lowest BCUT2D eigenvalue weighted by atomic mass is 9.98. The van der Waals surface area contributed by atoms with E-state index in [1.54, 1.807) is 25.1 Å². The number of carbonyl (C=O) groups is 1. The molecule has 0 saturated heterocycles. The number of ether oxygens (including phenoxy) is 1. The summed E-state index contributed by atoms with van der Waals surface area (Å²) in [6.45, 7) is 0. The van der Waals surface area contributed by atoms with Crippen molar-refractivity contribution in [3.63, 3.8) is 0 Å². The fourth-order valence-corrected chi connectivity index (χ4v) is 5.02. The third-order valence-corrected chi connectivity index (χ3v) is 6.72. The van der Waals surface area contributed by atoms with E-state index in [2.05, 4.69) is 37.4 Å². The summed E-state index contributed by atoms with van der Waals surface area (Å²) in [5.41, 5.74) is 0.696. The first-order valence-electron chi connectivity index (χ1n) is 10.6. The molecule has 2 aromatic heterocycles. The van der Waals surface area contributed by atoms with Crippen molar-refractivity contribution >= 4 is 22.9 Å². The lowest BCUT2D eigenvalue weighted by Crippen LogP contribution is -2.41. The van der Waals surface area contributed by atoms with Crippen molar-refractivity contribution in [1.29, 1.82) is 0 Å². The number of methoxy groups -OCH3 is 1. The van der Waals surface area contributed by atoms with Crippen molar-refractivity contribution in [3.8, 4) is 17.6 Å². The topological polar surface area (TPSA) is 134 Å². The van der Waals surface area contributed by atoms with Gasteiger partial charge in [0, 0.05) is 20.0 Å². The van der Waals surface area contributed by atoms with Crippen LogP contribution in [0.4, 0.5) is 5.82 Å². The zero-order valence-corrected chi connectivity index (χ0v) is 18.4. The van der Waals surface area contributed by atoms with E-state index in [4.69, 9.17) is 4.74 Å². The van der Waals surface area contributed by atoms with Gasteiger partial charge in [0.05, 0.1) is 36.6 Å². The number of hydrogen-bond acceptors (Lipinski definition) is 8. The highest BCUT2D eigenvalue weighted by Gasteiger charge is 2.75. The first-order valence-corrected chi connectivity index (χ1v) is 10.6. The van der Waals surface area contributed by atoms with Gasteiger partial charge in [0.15, 0.2) is 17.0 Å². The Kier molecular flexibility index (Phi) is 4.96. The number of nitrogens with zero attached hydrogens (tertiary/aromatic N) is 4. The highest BCUT2D eigenvalue weighted by Crippen LogP contribution is 2.67. The minimum atomic E-state index is -1.17. The minimum absolute atomic E-state index is 0.226. The Morgan fingerprint density at radius 1 is 1.24 bits per heavy atom. The number of carbonyl (C=O) groups excluding carboxylic acids is 1. The number of para-hydroxylation sites is 1. The molecule has 10 heteroatoms. The molecule has 2 heterocycles. The Balaban J connectivity index is 1.58. The fraction of sp³-hybridized carbons (Fsp3) is 0.391. The number of amides is 1. The molecule has 2 aliphatic rings. The van der Waals surface area contributed by atoms with E-state index in [0.717, 1.165) is 0 Å². The number of rotatable bonds is 4. The molecule has 33 heavy (non-hydrogen) atoms. The number of anilines is 1. The summed E-state index contributed by atoms with van der Waals surface area (Å²) < 4.78 is 7.07. The molecule has 5 atom stereocenters. The monoisotopic (exact) mass is 448 g/mol. The second-order valence-corrected chi connectivity index (χ2v) is 8.28. The van der Waals surface area contributed by atoms with Crippen LogP contribution in [0.3, 0.4) is 0 Å². The van der Waals surface area contributed by atoms with Gasteiger partial charge in [0.2, 0.25) is 11.7 Å². The number of nitrogens with one attached hydrogen (secondary N) is 2. The van der Waals surface area contributed by atoms with Crippen LogP contribution in [-0.2, 0) is 4.79 Å². The zero-order valence-electron chi connectivity index (χ0n) is 18.4. The van der Waals surface area contributed by atoms with E-state index in [9.17, 15) is 15.0 Å². The predicted octanol–water partition coefficient (Wildman–Crippen LogP) is 0.305. The molecule has 0 radical (unpaired) electrons. The van der Waals surface area contributed by atoms with Crippen LogP contribution in [0.5, 0.6) is 5.75 Å². The summed E-state index contributed by atoms with van der Waals surface area (Å²) in [5, 5.41) is 27.1. The normalized spacial score (nSPS) is 27.4. The van der Waals surface area contributed by atoms with E-state index >= 15 is 0 Å². The lowest BCUT2D eigenvalue weighted by molar-refractivity contribution is -0.132. The molecular weight excluding hydrogens is 424 g/mol. The molecular formula is C23H24N6O4. The highest BCUT2D eigenvalue weighted by molar-refractivity contribution is 5.88. The second kappa shape index (κ2) is 7.72. The average molecular weight is 448 g/mol. The molecule has 0 spiro atoms. The van der Waals surface area contributed by atoms with Crippen molar-refractivity contribution < 1.29 is 19.7 Å². The number of benzene rings is 1. The van der Waals surface area contributed by atoms with Crippen LogP contribution in [0, 0.1) is 23.2 Å². The summed E-state index contributed by atoms with van der Waals surface area (Å²) in [7, 11) is 4.84. The molecule has 0 bridgehead atoms. The Labute approximate surface area is 190 Å². The second-order valence-electron chi connectivity index (χ2n) is 8.28. The molecule has 170 valence electrons. The van der Waals surface area contributed by atoms with Crippen molar-refractivity contribution in [2.24, 2.45) is 11.3 Å². The fourth-order valence-electron chi connectivity index (χ4n) is 5.02. The largest absolute Gasteiger partial charge is 0.495 e. The summed E-state index contributed by atoms with van der Waals surface area (Å²) >= 11 is 0. The first kappa shape index (κ1) is 21.2. The average Bonchev–Trinajstić information content (AvgIpc) is 3.38. The Morgan fingerprint density at radius 3 is 2.76 bits per heavy atom. The van der Waals surface area contributed by atoms with Crippen LogP contribution in [0.25, 0.3) is 11.2 Å². The van der Waals surface area contributed by atoms with Gasteiger partial charge in [0.25, 0.3) is 0 Å². The zero-order chi connectivity index (χ0) is 23.3. The lowest BCUT2D eigenvalue weighted by Gasteiger charge is -2.23. The van der Waals surface area contributed by atoms with Gasteiger partial charge in [-0.05, 0) is 24.5 Å². The van der Waals surface area contributed by atoms with Gasteiger partial charge in [0.1, 0.15) is 11.9 Å². The molecule has 2 aliphatic carbocycles.